The molecule has 27 heavy (non-hydrogen) atoms. The molecule has 1 amide bonds. The second-order valence-electron chi connectivity index (χ2n) is 7.07. The average molecular weight is 368 g/mol. The lowest BCUT2D eigenvalue weighted by Gasteiger charge is -2.26. The van der Waals surface area contributed by atoms with Crippen LogP contribution in [0, 0.1) is 0 Å². The van der Waals surface area contributed by atoms with E-state index in [0.717, 1.165) is 44.2 Å². The van der Waals surface area contributed by atoms with Gasteiger partial charge in [0.05, 0.1) is 30.7 Å². The Labute approximate surface area is 160 Å². The van der Waals surface area contributed by atoms with E-state index in [0.29, 0.717) is 18.0 Å². The maximum atomic E-state index is 12.4. The summed E-state index contributed by atoms with van der Waals surface area (Å²) < 4.78 is 5.33. The Morgan fingerprint density at radius 2 is 1.89 bits per heavy atom. The molecule has 0 unspecified atom stereocenters. The van der Waals surface area contributed by atoms with Crippen LogP contribution >= 0.6 is 0 Å². The van der Waals surface area contributed by atoms with Crippen molar-refractivity contribution in [3.63, 3.8) is 0 Å². The Hall–Kier alpha value is -2.44. The molecule has 1 saturated heterocycles. The molecule has 2 aromatic rings. The second kappa shape index (κ2) is 9.48. The predicted octanol–water partition coefficient (Wildman–Crippen LogP) is 3.01. The van der Waals surface area contributed by atoms with Gasteiger partial charge in [-0.2, -0.15) is 0 Å². The maximum Gasteiger partial charge on any atom is 0.252 e. The highest BCUT2D eigenvalue weighted by atomic mass is 16.5. The molecule has 0 saturated carbocycles. The molecule has 1 aromatic carbocycles. The van der Waals surface area contributed by atoms with Gasteiger partial charge in [-0.1, -0.05) is 26.0 Å². The van der Waals surface area contributed by atoms with Crippen LogP contribution in [0.3, 0.4) is 0 Å². The second-order valence-corrected chi connectivity index (χ2v) is 7.07. The molecule has 144 valence electrons. The zero-order valence-corrected chi connectivity index (χ0v) is 16.1. The van der Waals surface area contributed by atoms with Crippen molar-refractivity contribution < 1.29 is 9.53 Å². The number of pyridine rings is 1. The van der Waals surface area contributed by atoms with E-state index in [9.17, 15) is 4.79 Å². The summed E-state index contributed by atoms with van der Waals surface area (Å²) in [5.41, 5.74) is 3.63. The van der Waals surface area contributed by atoms with Crippen molar-refractivity contribution in [2.24, 2.45) is 0 Å². The Balaban J connectivity index is 1.53. The van der Waals surface area contributed by atoms with Gasteiger partial charge in [0.15, 0.2) is 0 Å². The molecule has 0 radical (unpaired) electrons. The number of morpholine rings is 1. The number of nitrogens with one attached hydrogen (secondary N) is 2. The number of anilines is 2. The topological polar surface area (TPSA) is 66.5 Å². The van der Waals surface area contributed by atoms with Crippen LogP contribution in [0.1, 0.15) is 35.7 Å². The Bertz CT molecular complexity index is 740. The third-order valence-electron chi connectivity index (χ3n) is 4.68. The molecule has 1 aliphatic heterocycles. The highest BCUT2D eigenvalue weighted by Gasteiger charge is 2.11. The molecule has 2 heterocycles. The van der Waals surface area contributed by atoms with E-state index in [1.54, 1.807) is 12.4 Å². The SMILES string of the molecule is CC(C)c1ccc(Nc2cncc(C(=O)NCCN3CCOCC3)c2)cc1. The number of hydrogen-bond acceptors (Lipinski definition) is 5. The summed E-state index contributed by atoms with van der Waals surface area (Å²) in [6.07, 6.45) is 3.32. The van der Waals surface area contributed by atoms with Gasteiger partial charge in [0, 0.05) is 38.1 Å². The van der Waals surface area contributed by atoms with Gasteiger partial charge in [0.25, 0.3) is 5.91 Å². The van der Waals surface area contributed by atoms with E-state index in [2.05, 4.69) is 46.5 Å². The van der Waals surface area contributed by atoms with Crippen LogP contribution in [-0.4, -0.2) is 55.2 Å². The van der Waals surface area contributed by atoms with Crippen LogP contribution in [0.2, 0.25) is 0 Å². The monoisotopic (exact) mass is 368 g/mol. The summed E-state index contributed by atoms with van der Waals surface area (Å²) in [5.74, 6) is 0.403. The third-order valence-corrected chi connectivity index (χ3v) is 4.68. The van der Waals surface area contributed by atoms with Crippen molar-refractivity contribution in [2.75, 3.05) is 44.7 Å². The summed E-state index contributed by atoms with van der Waals surface area (Å²) in [4.78, 5) is 18.9. The van der Waals surface area contributed by atoms with Crippen LogP contribution in [0.25, 0.3) is 0 Å². The van der Waals surface area contributed by atoms with Crippen molar-refractivity contribution in [3.8, 4) is 0 Å². The lowest BCUT2D eigenvalue weighted by Crippen LogP contribution is -2.41. The molecule has 2 N–H and O–H groups in total. The minimum atomic E-state index is -0.102. The fourth-order valence-corrected chi connectivity index (χ4v) is 3.00. The maximum absolute atomic E-state index is 12.4. The zero-order chi connectivity index (χ0) is 19.1. The zero-order valence-electron chi connectivity index (χ0n) is 16.1. The lowest BCUT2D eigenvalue weighted by atomic mass is 10.0. The van der Waals surface area contributed by atoms with Gasteiger partial charge in [-0.15, -0.1) is 0 Å². The summed E-state index contributed by atoms with van der Waals surface area (Å²) in [6.45, 7) is 9.18. The van der Waals surface area contributed by atoms with Crippen LogP contribution < -0.4 is 10.6 Å². The van der Waals surface area contributed by atoms with E-state index >= 15 is 0 Å². The minimum Gasteiger partial charge on any atom is -0.379 e. The van der Waals surface area contributed by atoms with Crippen molar-refractivity contribution in [3.05, 3.63) is 53.9 Å². The molecule has 0 spiro atoms. The number of amides is 1. The highest BCUT2D eigenvalue weighted by molar-refractivity contribution is 5.94. The van der Waals surface area contributed by atoms with Crippen molar-refractivity contribution in [1.82, 2.24) is 15.2 Å². The number of aromatic nitrogens is 1. The van der Waals surface area contributed by atoms with Gasteiger partial charge >= 0.3 is 0 Å². The molecule has 1 fully saturated rings. The molecule has 1 aliphatic rings. The number of benzene rings is 1. The fourth-order valence-electron chi connectivity index (χ4n) is 3.00. The molecule has 0 aliphatic carbocycles. The molecule has 0 atom stereocenters. The average Bonchev–Trinajstić information content (AvgIpc) is 2.69. The first-order chi connectivity index (χ1) is 13.1. The molecule has 3 rings (SSSR count). The number of hydrogen-bond donors (Lipinski definition) is 2. The van der Waals surface area contributed by atoms with E-state index in [4.69, 9.17) is 4.74 Å². The Morgan fingerprint density at radius 3 is 2.59 bits per heavy atom. The molecule has 1 aromatic heterocycles. The number of carbonyl (C=O) groups is 1. The largest absolute Gasteiger partial charge is 0.379 e. The summed E-state index contributed by atoms with van der Waals surface area (Å²) >= 11 is 0. The Morgan fingerprint density at radius 1 is 1.15 bits per heavy atom. The third kappa shape index (κ3) is 5.77. The van der Waals surface area contributed by atoms with Gasteiger partial charge in [-0.3, -0.25) is 14.7 Å². The number of rotatable bonds is 7. The highest BCUT2D eigenvalue weighted by Crippen LogP contribution is 2.20. The molecular weight excluding hydrogens is 340 g/mol. The standard InChI is InChI=1S/C21H28N4O2/c1-16(2)17-3-5-19(6-4-17)24-20-13-18(14-22-15-20)21(26)23-7-8-25-9-11-27-12-10-25/h3-6,13-16,24H,7-12H2,1-2H3,(H,23,26). The molecule has 6 nitrogen and oxygen atoms in total. The van der Waals surface area contributed by atoms with Crippen LogP contribution in [0.15, 0.2) is 42.7 Å². The van der Waals surface area contributed by atoms with E-state index in [1.165, 1.54) is 5.56 Å². The number of nitrogens with zero attached hydrogens (tertiary/aromatic N) is 2. The molecular formula is C21H28N4O2. The lowest BCUT2D eigenvalue weighted by molar-refractivity contribution is 0.0383. The summed E-state index contributed by atoms with van der Waals surface area (Å²) in [5, 5.41) is 6.28. The summed E-state index contributed by atoms with van der Waals surface area (Å²) in [6, 6.07) is 10.1. The van der Waals surface area contributed by atoms with Crippen molar-refractivity contribution in [2.45, 2.75) is 19.8 Å². The fraction of sp³-hybridized carbons (Fsp3) is 0.429. The molecule has 6 heteroatoms. The van der Waals surface area contributed by atoms with Crippen molar-refractivity contribution >= 4 is 17.3 Å². The first-order valence-corrected chi connectivity index (χ1v) is 9.52. The predicted molar refractivity (Wildman–Crippen MR) is 108 cm³/mol. The smallest absolute Gasteiger partial charge is 0.252 e. The Kier molecular flexibility index (Phi) is 6.79. The van der Waals surface area contributed by atoms with E-state index in [-0.39, 0.29) is 5.91 Å². The summed E-state index contributed by atoms with van der Waals surface area (Å²) in [7, 11) is 0. The van der Waals surface area contributed by atoms with Crippen molar-refractivity contribution in [1.29, 1.82) is 0 Å². The van der Waals surface area contributed by atoms with E-state index < -0.39 is 0 Å². The van der Waals surface area contributed by atoms with Crippen LogP contribution in [0.5, 0.6) is 0 Å². The van der Waals surface area contributed by atoms with Crippen LogP contribution in [-0.2, 0) is 4.74 Å². The van der Waals surface area contributed by atoms with Crippen LogP contribution in [0.4, 0.5) is 11.4 Å². The molecule has 0 bridgehead atoms. The van der Waals surface area contributed by atoms with Gasteiger partial charge in [-0.05, 0) is 29.7 Å². The number of carbonyl (C=O) groups excluding carboxylic acids is 1. The number of ether oxygens (including phenoxy) is 1. The normalized spacial score (nSPS) is 14.9. The van der Waals surface area contributed by atoms with Gasteiger partial charge < -0.3 is 15.4 Å². The minimum absolute atomic E-state index is 0.102. The first-order valence-electron chi connectivity index (χ1n) is 9.52. The van der Waals surface area contributed by atoms with Gasteiger partial charge in [0.1, 0.15) is 0 Å². The van der Waals surface area contributed by atoms with Gasteiger partial charge in [-0.25, -0.2) is 0 Å². The van der Waals surface area contributed by atoms with E-state index in [1.807, 2.05) is 18.2 Å². The quantitative estimate of drug-likeness (QED) is 0.786. The van der Waals surface area contributed by atoms with Gasteiger partial charge in [0.2, 0.25) is 0 Å². The first kappa shape index (κ1) is 19.3.